The van der Waals surface area contributed by atoms with Crippen LogP contribution in [0.5, 0.6) is 17.2 Å². The Kier molecular flexibility index (Phi) is 11.0. The van der Waals surface area contributed by atoms with Gasteiger partial charge in [-0.25, -0.2) is 0 Å². The number of carbonyl (C=O) groups excluding carboxylic acids is 2. The predicted molar refractivity (Wildman–Crippen MR) is 161 cm³/mol. The van der Waals surface area contributed by atoms with Crippen molar-refractivity contribution in [3.05, 3.63) is 71.3 Å². The zero-order valence-corrected chi connectivity index (χ0v) is 24.9. The first-order valence-electron chi connectivity index (χ1n) is 14.6. The van der Waals surface area contributed by atoms with Crippen LogP contribution in [0.1, 0.15) is 48.9 Å². The van der Waals surface area contributed by atoms with E-state index in [4.69, 9.17) is 18.9 Å². The lowest BCUT2D eigenvalue weighted by molar-refractivity contribution is -0.140. The highest BCUT2D eigenvalue weighted by atomic mass is 16.5. The Balaban J connectivity index is 1.72. The lowest BCUT2D eigenvalue weighted by Gasteiger charge is -2.31. The van der Waals surface area contributed by atoms with Crippen molar-refractivity contribution < 1.29 is 33.6 Å². The minimum atomic E-state index is -0.800. The number of rotatable bonds is 14. The van der Waals surface area contributed by atoms with Crippen molar-refractivity contribution in [3.8, 4) is 17.2 Å². The molecular weight excluding hydrogens is 536 g/mol. The van der Waals surface area contributed by atoms with Crippen LogP contribution in [0.3, 0.4) is 0 Å². The van der Waals surface area contributed by atoms with E-state index in [1.54, 1.807) is 48.4 Å². The number of Topliss-reactive ketones (excluding diaryl/α,β-unsaturated/α-hetero) is 1. The molecule has 0 spiro atoms. The first kappa shape index (κ1) is 31.1. The number of nitrogens with zero attached hydrogens (tertiary/aromatic N) is 2. The van der Waals surface area contributed by atoms with Gasteiger partial charge in [0.1, 0.15) is 18.1 Å². The monoisotopic (exact) mass is 578 g/mol. The summed E-state index contributed by atoms with van der Waals surface area (Å²) in [6.07, 6.45) is 4.74. The molecule has 42 heavy (non-hydrogen) atoms. The Bertz CT molecular complexity index is 1300. The molecule has 226 valence electrons. The van der Waals surface area contributed by atoms with Gasteiger partial charge in [-0.2, -0.15) is 0 Å². The van der Waals surface area contributed by atoms with Crippen LogP contribution < -0.4 is 14.2 Å². The normalized spacial score (nSPS) is 18.7. The highest BCUT2D eigenvalue weighted by molar-refractivity contribution is 6.46. The molecule has 0 aliphatic carbocycles. The van der Waals surface area contributed by atoms with Crippen LogP contribution in [0, 0.1) is 6.92 Å². The van der Waals surface area contributed by atoms with Crippen LogP contribution >= 0.6 is 0 Å². The van der Waals surface area contributed by atoms with E-state index in [0.717, 1.165) is 37.9 Å². The number of likely N-dealkylation sites (tertiary alicyclic amines) is 1. The first-order valence-corrected chi connectivity index (χ1v) is 14.6. The van der Waals surface area contributed by atoms with Crippen molar-refractivity contribution >= 4 is 17.4 Å². The fraction of sp³-hybridized carbons (Fsp3) is 0.455. The van der Waals surface area contributed by atoms with Crippen molar-refractivity contribution in [1.29, 1.82) is 0 Å². The summed E-state index contributed by atoms with van der Waals surface area (Å²) < 4.78 is 22.8. The number of aliphatic hydroxyl groups is 1. The molecule has 9 heteroatoms. The van der Waals surface area contributed by atoms with Gasteiger partial charge in [-0.15, -0.1) is 0 Å². The molecule has 0 saturated carbocycles. The number of benzene rings is 2. The quantitative estimate of drug-likeness (QED) is 0.111. The standard InChI is InChI=1S/C33H42N2O7/c1-5-7-8-18-42-27-12-9-24(22-28(27)39-4)30-29(31(36)25-10-11-26(23(3)21-25)41-17-6-2)32(37)33(38)35(30)14-13-34-15-19-40-20-16-34/h6,9-12,21-22,30,36H,2,5,7-8,13-20H2,1,3-4H3/b31-29+. The van der Waals surface area contributed by atoms with E-state index in [0.29, 0.717) is 67.9 Å². The van der Waals surface area contributed by atoms with Gasteiger partial charge in [0.05, 0.1) is 38.5 Å². The van der Waals surface area contributed by atoms with Gasteiger partial charge in [-0.05, 0) is 54.8 Å². The van der Waals surface area contributed by atoms with E-state index in [2.05, 4.69) is 18.4 Å². The predicted octanol–water partition coefficient (Wildman–Crippen LogP) is 4.89. The van der Waals surface area contributed by atoms with E-state index in [-0.39, 0.29) is 11.3 Å². The Morgan fingerprint density at radius 1 is 1.05 bits per heavy atom. The zero-order valence-electron chi connectivity index (χ0n) is 24.9. The molecule has 0 bridgehead atoms. The molecule has 2 heterocycles. The van der Waals surface area contributed by atoms with Crippen LogP contribution in [-0.2, 0) is 14.3 Å². The van der Waals surface area contributed by atoms with E-state index in [1.807, 2.05) is 13.0 Å². The molecule has 0 radical (unpaired) electrons. The third-order valence-electron chi connectivity index (χ3n) is 7.61. The Labute approximate surface area is 248 Å². The fourth-order valence-electron chi connectivity index (χ4n) is 5.30. The minimum absolute atomic E-state index is 0.0415. The van der Waals surface area contributed by atoms with Crippen molar-refractivity contribution in [2.75, 3.05) is 59.7 Å². The number of ether oxygens (including phenoxy) is 4. The Morgan fingerprint density at radius 2 is 1.81 bits per heavy atom. The number of hydrogen-bond donors (Lipinski definition) is 1. The summed E-state index contributed by atoms with van der Waals surface area (Å²) in [6.45, 7) is 12.2. The smallest absolute Gasteiger partial charge is 0.295 e. The first-order chi connectivity index (χ1) is 20.4. The highest BCUT2D eigenvalue weighted by Crippen LogP contribution is 2.42. The van der Waals surface area contributed by atoms with Gasteiger partial charge in [-0.3, -0.25) is 14.5 Å². The summed E-state index contributed by atoms with van der Waals surface area (Å²) in [5.41, 5.74) is 1.90. The van der Waals surface area contributed by atoms with Crippen LogP contribution in [0.2, 0.25) is 0 Å². The van der Waals surface area contributed by atoms with Crippen molar-refractivity contribution in [2.24, 2.45) is 0 Å². The highest BCUT2D eigenvalue weighted by Gasteiger charge is 2.46. The molecule has 1 unspecified atom stereocenters. The van der Waals surface area contributed by atoms with Gasteiger partial charge >= 0.3 is 0 Å². The average Bonchev–Trinajstić information content (AvgIpc) is 3.26. The third kappa shape index (κ3) is 7.14. The molecule has 2 aromatic carbocycles. The third-order valence-corrected chi connectivity index (χ3v) is 7.61. The Morgan fingerprint density at radius 3 is 2.50 bits per heavy atom. The van der Waals surface area contributed by atoms with Crippen LogP contribution in [0.25, 0.3) is 5.76 Å². The number of hydrogen-bond acceptors (Lipinski definition) is 8. The molecule has 1 amide bonds. The number of carbonyl (C=O) groups is 2. The summed E-state index contributed by atoms with van der Waals surface area (Å²) in [4.78, 5) is 30.8. The second-order valence-corrected chi connectivity index (χ2v) is 10.5. The largest absolute Gasteiger partial charge is 0.507 e. The molecule has 2 aliphatic rings. The molecule has 2 fully saturated rings. The summed E-state index contributed by atoms with van der Waals surface area (Å²) in [7, 11) is 1.56. The van der Waals surface area contributed by atoms with Gasteiger partial charge < -0.3 is 29.0 Å². The second-order valence-electron chi connectivity index (χ2n) is 10.5. The maximum absolute atomic E-state index is 13.5. The lowest BCUT2D eigenvalue weighted by atomic mass is 9.94. The molecule has 2 aromatic rings. The zero-order chi connectivity index (χ0) is 30.1. The summed E-state index contributed by atoms with van der Waals surface area (Å²) in [5.74, 6) is 0.146. The second kappa shape index (κ2) is 14.9. The maximum atomic E-state index is 13.5. The molecule has 9 nitrogen and oxygen atoms in total. The van der Waals surface area contributed by atoms with E-state index in [1.165, 1.54) is 0 Å². The molecule has 1 N–H and O–H groups in total. The molecule has 2 saturated heterocycles. The van der Waals surface area contributed by atoms with Gasteiger partial charge in [0, 0.05) is 31.7 Å². The maximum Gasteiger partial charge on any atom is 0.295 e. The van der Waals surface area contributed by atoms with E-state index < -0.39 is 17.7 Å². The summed E-state index contributed by atoms with van der Waals surface area (Å²) in [5, 5.41) is 11.6. The fourth-order valence-corrected chi connectivity index (χ4v) is 5.30. The van der Waals surface area contributed by atoms with Crippen LogP contribution in [0.15, 0.2) is 54.6 Å². The molecular formula is C33H42N2O7. The number of methoxy groups -OCH3 is 1. The molecule has 1 atom stereocenters. The topological polar surface area (TPSA) is 97.8 Å². The van der Waals surface area contributed by atoms with Crippen molar-refractivity contribution in [3.63, 3.8) is 0 Å². The number of morpholine rings is 1. The van der Waals surface area contributed by atoms with Gasteiger partial charge in [-0.1, -0.05) is 38.5 Å². The SMILES string of the molecule is C=CCOc1ccc(/C(O)=C2\C(=O)C(=O)N(CCN3CCOCC3)C2c2ccc(OCCCCC)c(OC)c2)cc1C. The van der Waals surface area contributed by atoms with Crippen LogP contribution in [-0.4, -0.2) is 86.3 Å². The minimum Gasteiger partial charge on any atom is -0.507 e. The van der Waals surface area contributed by atoms with Crippen molar-refractivity contribution in [1.82, 2.24) is 9.80 Å². The summed E-state index contributed by atoms with van der Waals surface area (Å²) >= 11 is 0. The number of unbranched alkanes of at least 4 members (excludes halogenated alkanes) is 2. The average molecular weight is 579 g/mol. The number of ketones is 1. The van der Waals surface area contributed by atoms with E-state index >= 15 is 0 Å². The van der Waals surface area contributed by atoms with Gasteiger partial charge in [0.15, 0.2) is 11.5 Å². The lowest BCUT2D eigenvalue weighted by Crippen LogP contribution is -2.42. The number of aliphatic hydroxyl groups excluding tert-OH is 1. The van der Waals surface area contributed by atoms with Gasteiger partial charge in [0.2, 0.25) is 0 Å². The number of aryl methyl sites for hydroxylation is 1. The molecule has 2 aliphatic heterocycles. The van der Waals surface area contributed by atoms with Crippen LogP contribution in [0.4, 0.5) is 0 Å². The summed E-state index contributed by atoms with van der Waals surface area (Å²) in [6, 6.07) is 9.81. The molecule has 4 rings (SSSR count). The van der Waals surface area contributed by atoms with Crippen molar-refractivity contribution in [2.45, 2.75) is 39.2 Å². The molecule has 0 aromatic heterocycles. The Hall–Kier alpha value is -3.82. The number of amides is 1. The van der Waals surface area contributed by atoms with Gasteiger partial charge in [0.25, 0.3) is 11.7 Å². The van der Waals surface area contributed by atoms with E-state index in [9.17, 15) is 14.7 Å².